The minimum Gasteiger partial charge on any atom is -0.493 e. The van der Waals surface area contributed by atoms with Gasteiger partial charge >= 0.3 is 12.1 Å². The van der Waals surface area contributed by atoms with E-state index in [0.717, 1.165) is 12.1 Å². The van der Waals surface area contributed by atoms with Gasteiger partial charge in [0, 0.05) is 0 Å². The number of rotatable bonds is 8. The van der Waals surface area contributed by atoms with Crippen LogP contribution in [0.1, 0.15) is 18.1 Å². The molecule has 0 amide bonds. The molecule has 0 aromatic heterocycles. The molecule has 0 atom stereocenters. The van der Waals surface area contributed by atoms with E-state index < -0.39 is 17.7 Å². The standard InChI is InChI=1S/C19H19F3N2O4/c1-3-27-18(25)12-28-16-8-7-13(9-17(16)26-2)11-23-24-15-6-4-5-14(10-15)19(20,21)22/h4-11,24H,3,12H2,1-2H3/b23-11+. The minimum atomic E-state index is -4.42. The molecule has 150 valence electrons. The first-order valence-corrected chi connectivity index (χ1v) is 8.26. The Balaban J connectivity index is 2.03. The van der Waals surface area contributed by atoms with Crippen molar-refractivity contribution < 1.29 is 32.2 Å². The molecule has 0 bridgehead atoms. The van der Waals surface area contributed by atoms with E-state index in [9.17, 15) is 18.0 Å². The van der Waals surface area contributed by atoms with Crippen molar-refractivity contribution in [1.29, 1.82) is 0 Å². The van der Waals surface area contributed by atoms with Gasteiger partial charge in [0.05, 0.1) is 31.2 Å². The lowest BCUT2D eigenvalue weighted by Crippen LogP contribution is -2.14. The molecule has 2 aromatic rings. The number of esters is 1. The molecule has 0 saturated carbocycles. The average Bonchev–Trinajstić information content (AvgIpc) is 2.66. The number of nitrogens with one attached hydrogen (secondary N) is 1. The predicted molar refractivity (Wildman–Crippen MR) is 97.8 cm³/mol. The van der Waals surface area contributed by atoms with Crippen molar-refractivity contribution in [2.75, 3.05) is 25.7 Å². The van der Waals surface area contributed by atoms with Gasteiger partial charge in [0.15, 0.2) is 18.1 Å². The highest BCUT2D eigenvalue weighted by atomic mass is 19.4. The maximum Gasteiger partial charge on any atom is 0.416 e. The summed E-state index contributed by atoms with van der Waals surface area (Å²) >= 11 is 0. The summed E-state index contributed by atoms with van der Waals surface area (Å²) in [6.45, 7) is 1.70. The molecule has 0 aliphatic heterocycles. The van der Waals surface area contributed by atoms with E-state index in [1.165, 1.54) is 25.5 Å². The maximum absolute atomic E-state index is 12.7. The van der Waals surface area contributed by atoms with Gasteiger partial charge in [0.25, 0.3) is 0 Å². The first kappa shape index (κ1) is 21.1. The zero-order chi connectivity index (χ0) is 20.6. The largest absolute Gasteiger partial charge is 0.493 e. The summed E-state index contributed by atoms with van der Waals surface area (Å²) in [4.78, 5) is 11.4. The number of carbonyl (C=O) groups is 1. The summed E-state index contributed by atoms with van der Waals surface area (Å²) in [6.07, 6.45) is -3.01. The first-order valence-electron chi connectivity index (χ1n) is 8.26. The number of benzene rings is 2. The molecule has 0 fully saturated rings. The molecule has 0 saturated heterocycles. The van der Waals surface area contributed by atoms with Crippen molar-refractivity contribution in [3.8, 4) is 11.5 Å². The predicted octanol–water partition coefficient (Wildman–Crippen LogP) is 4.10. The Bertz CT molecular complexity index is 838. The maximum atomic E-state index is 12.7. The Morgan fingerprint density at radius 2 is 1.96 bits per heavy atom. The van der Waals surface area contributed by atoms with Crippen molar-refractivity contribution in [2.24, 2.45) is 5.10 Å². The average molecular weight is 396 g/mol. The molecule has 0 aliphatic carbocycles. The molecule has 0 heterocycles. The third kappa shape index (κ3) is 6.19. The summed E-state index contributed by atoms with van der Waals surface area (Å²) in [7, 11) is 1.44. The fourth-order valence-electron chi connectivity index (χ4n) is 2.17. The summed E-state index contributed by atoms with van der Waals surface area (Å²) in [5.41, 5.74) is 2.59. The lowest BCUT2D eigenvalue weighted by molar-refractivity contribution is -0.145. The lowest BCUT2D eigenvalue weighted by Gasteiger charge is -2.11. The number of hydrogen-bond donors (Lipinski definition) is 1. The molecule has 2 aromatic carbocycles. The highest BCUT2D eigenvalue weighted by molar-refractivity contribution is 5.81. The summed E-state index contributed by atoms with van der Waals surface area (Å²) < 4.78 is 53.5. The van der Waals surface area contributed by atoms with Gasteiger partial charge in [0.1, 0.15) is 0 Å². The van der Waals surface area contributed by atoms with Crippen LogP contribution >= 0.6 is 0 Å². The fourth-order valence-corrected chi connectivity index (χ4v) is 2.17. The van der Waals surface area contributed by atoms with Gasteiger partial charge in [0.2, 0.25) is 0 Å². The van der Waals surface area contributed by atoms with Crippen LogP contribution in [0.15, 0.2) is 47.6 Å². The van der Waals surface area contributed by atoms with Crippen molar-refractivity contribution in [3.05, 3.63) is 53.6 Å². The third-order valence-corrected chi connectivity index (χ3v) is 3.44. The molecular weight excluding hydrogens is 377 g/mol. The molecule has 1 N–H and O–H groups in total. The van der Waals surface area contributed by atoms with Crippen LogP contribution in [0.2, 0.25) is 0 Å². The normalized spacial score (nSPS) is 11.3. The van der Waals surface area contributed by atoms with E-state index in [4.69, 9.17) is 14.2 Å². The van der Waals surface area contributed by atoms with E-state index >= 15 is 0 Å². The lowest BCUT2D eigenvalue weighted by atomic mass is 10.2. The first-order chi connectivity index (χ1) is 13.3. The van der Waals surface area contributed by atoms with Gasteiger partial charge in [-0.3, -0.25) is 5.43 Å². The van der Waals surface area contributed by atoms with Crippen LogP contribution in [-0.2, 0) is 15.7 Å². The number of nitrogens with zero attached hydrogens (tertiary/aromatic N) is 1. The fraction of sp³-hybridized carbons (Fsp3) is 0.263. The van der Waals surface area contributed by atoms with Gasteiger partial charge in [-0.15, -0.1) is 0 Å². The summed E-state index contributed by atoms with van der Waals surface area (Å²) in [6, 6.07) is 9.56. The van der Waals surface area contributed by atoms with Gasteiger partial charge in [-0.05, 0) is 48.9 Å². The monoisotopic (exact) mass is 396 g/mol. The van der Waals surface area contributed by atoms with Crippen LogP contribution < -0.4 is 14.9 Å². The molecular formula is C19H19F3N2O4. The molecule has 0 spiro atoms. The van der Waals surface area contributed by atoms with Gasteiger partial charge in [-0.2, -0.15) is 18.3 Å². The number of halogens is 3. The van der Waals surface area contributed by atoms with E-state index in [0.29, 0.717) is 17.1 Å². The smallest absolute Gasteiger partial charge is 0.416 e. The van der Waals surface area contributed by atoms with Crippen LogP contribution in [0.3, 0.4) is 0 Å². The Hall–Kier alpha value is -3.23. The number of methoxy groups -OCH3 is 1. The van der Waals surface area contributed by atoms with Crippen molar-refractivity contribution in [1.82, 2.24) is 0 Å². The number of ether oxygens (including phenoxy) is 3. The number of carbonyl (C=O) groups excluding carboxylic acids is 1. The van der Waals surface area contributed by atoms with Gasteiger partial charge < -0.3 is 14.2 Å². The second-order valence-corrected chi connectivity index (χ2v) is 5.45. The van der Waals surface area contributed by atoms with E-state index in [1.54, 1.807) is 25.1 Å². The number of hydrazone groups is 1. The summed E-state index contributed by atoms with van der Waals surface area (Å²) in [5, 5.41) is 3.93. The van der Waals surface area contributed by atoms with Crippen molar-refractivity contribution in [2.45, 2.75) is 13.1 Å². The van der Waals surface area contributed by atoms with E-state index in [1.807, 2.05) is 0 Å². The van der Waals surface area contributed by atoms with Gasteiger partial charge in [-0.1, -0.05) is 6.07 Å². The van der Waals surface area contributed by atoms with Crippen LogP contribution in [-0.4, -0.2) is 32.5 Å². The molecule has 0 aliphatic rings. The highest BCUT2D eigenvalue weighted by Gasteiger charge is 2.30. The molecule has 6 nitrogen and oxygen atoms in total. The zero-order valence-electron chi connectivity index (χ0n) is 15.2. The second kappa shape index (κ2) is 9.63. The highest BCUT2D eigenvalue weighted by Crippen LogP contribution is 2.31. The molecule has 28 heavy (non-hydrogen) atoms. The minimum absolute atomic E-state index is 0.201. The third-order valence-electron chi connectivity index (χ3n) is 3.44. The molecule has 0 radical (unpaired) electrons. The van der Waals surface area contributed by atoms with Crippen LogP contribution in [0, 0.1) is 0 Å². The van der Waals surface area contributed by atoms with E-state index in [-0.39, 0.29) is 18.9 Å². The quantitative estimate of drug-likeness (QED) is 0.413. The van der Waals surface area contributed by atoms with Crippen LogP contribution in [0.5, 0.6) is 11.5 Å². The van der Waals surface area contributed by atoms with Crippen molar-refractivity contribution in [3.63, 3.8) is 0 Å². The van der Waals surface area contributed by atoms with Crippen LogP contribution in [0.4, 0.5) is 18.9 Å². The SMILES string of the molecule is CCOC(=O)COc1ccc(/C=N/Nc2cccc(C(F)(F)F)c2)cc1OC. The van der Waals surface area contributed by atoms with Crippen molar-refractivity contribution >= 4 is 17.9 Å². The second-order valence-electron chi connectivity index (χ2n) is 5.45. The Morgan fingerprint density at radius 1 is 1.18 bits per heavy atom. The van der Waals surface area contributed by atoms with Gasteiger partial charge in [-0.25, -0.2) is 4.79 Å². The number of hydrogen-bond acceptors (Lipinski definition) is 6. The molecule has 0 unspecified atom stereocenters. The number of alkyl halides is 3. The Morgan fingerprint density at radius 3 is 2.64 bits per heavy atom. The Labute approximate surface area is 159 Å². The van der Waals surface area contributed by atoms with Crippen LogP contribution in [0.25, 0.3) is 0 Å². The summed E-state index contributed by atoms with van der Waals surface area (Å²) in [5.74, 6) is 0.214. The number of anilines is 1. The topological polar surface area (TPSA) is 69.2 Å². The molecule has 2 rings (SSSR count). The molecule has 9 heteroatoms. The Kier molecular flexibility index (Phi) is 7.25. The van der Waals surface area contributed by atoms with E-state index in [2.05, 4.69) is 10.5 Å². The zero-order valence-corrected chi connectivity index (χ0v) is 15.2.